The van der Waals surface area contributed by atoms with Crippen molar-refractivity contribution in [3.05, 3.63) is 69.3 Å². The monoisotopic (exact) mass is 327 g/mol. The number of nitro groups is 1. The number of carbonyl (C=O) groups is 2. The molecule has 0 saturated carbocycles. The fourth-order valence-corrected chi connectivity index (χ4v) is 2.15. The molecule has 7 nitrogen and oxygen atoms in total. The Balaban J connectivity index is 2.08. The number of nitrogens with zero attached hydrogens (tertiary/aromatic N) is 1. The zero-order valence-electron chi connectivity index (χ0n) is 13.3. The first-order chi connectivity index (χ1) is 11.4. The van der Waals surface area contributed by atoms with Crippen LogP contribution >= 0.6 is 0 Å². The van der Waals surface area contributed by atoms with Crippen LogP contribution in [0.5, 0.6) is 0 Å². The van der Waals surface area contributed by atoms with E-state index in [9.17, 15) is 19.7 Å². The van der Waals surface area contributed by atoms with E-state index < -0.39 is 4.92 Å². The van der Waals surface area contributed by atoms with Gasteiger partial charge in [-0.3, -0.25) is 19.7 Å². The fraction of sp³-hybridized carbons (Fsp3) is 0.176. The van der Waals surface area contributed by atoms with E-state index in [-0.39, 0.29) is 24.0 Å². The lowest BCUT2D eigenvalue weighted by Gasteiger charge is -2.10. The van der Waals surface area contributed by atoms with Gasteiger partial charge in [-0.15, -0.1) is 0 Å². The summed E-state index contributed by atoms with van der Waals surface area (Å²) in [6, 6.07) is 11.1. The van der Waals surface area contributed by atoms with Crippen LogP contribution in [-0.4, -0.2) is 16.7 Å². The van der Waals surface area contributed by atoms with Crippen LogP contribution < -0.4 is 10.6 Å². The molecule has 0 fully saturated rings. The minimum Gasteiger partial charge on any atom is -0.348 e. The highest BCUT2D eigenvalue weighted by Gasteiger charge is 2.10. The average molecular weight is 327 g/mol. The number of aryl methyl sites for hydroxylation is 1. The summed E-state index contributed by atoms with van der Waals surface area (Å²) in [6.45, 7) is 3.40. The summed E-state index contributed by atoms with van der Waals surface area (Å²) in [5.41, 5.74) is 2.43. The van der Waals surface area contributed by atoms with Crippen molar-refractivity contribution in [2.75, 3.05) is 5.32 Å². The summed E-state index contributed by atoms with van der Waals surface area (Å²) >= 11 is 0. The molecule has 0 aromatic heterocycles. The topological polar surface area (TPSA) is 101 Å². The molecule has 2 aromatic carbocycles. The highest BCUT2D eigenvalue weighted by atomic mass is 16.6. The van der Waals surface area contributed by atoms with Gasteiger partial charge in [0.25, 0.3) is 11.6 Å². The molecular weight excluding hydrogens is 310 g/mol. The van der Waals surface area contributed by atoms with Crippen LogP contribution in [0.2, 0.25) is 0 Å². The van der Waals surface area contributed by atoms with E-state index in [1.54, 1.807) is 30.3 Å². The van der Waals surface area contributed by atoms with Crippen molar-refractivity contribution < 1.29 is 14.5 Å². The SMILES string of the molecule is CC(=O)Nc1cc(C(=O)NCc2cccc([N+](=O)[O-])c2)ccc1C. The van der Waals surface area contributed by atoms with Crippen LogP contribution in [0.1, 0.15) is 28.4 Å². The normalized spacial score (nSPS) is 10.1. The minimum atomic E-state index is -0.481. The van der Waals surface area contributed by atoms with Crippen molar-refractivity contribution in [3.63, 3.8) is 0 Å². The van der Waals surface area contributed by atoms with Gasteiger partial charge < -0.3 is 10.6 Å². The molecule has 0 heterocycles. The number of carbonyl (C=O) groups excluding carboxylic acids is 2. The number of hydrogen-bond donors (Lipinski definition) is 2. The van der Waals surface area contributed by atoms with Crippen LogP contribution in [-0.2, 0) is 11.3 Å². The van der Waals surface area contributed by atoms with Gasteiger partial charge in [-0.1, -0.05) is 18.2 Å². The number of benzene rings is 2. The lowest BCUT2D eigenvalue weighted by molar-refractivity contribution is -0.384. The predicted molar refractivity (Wildman–Crippen MR) is 89.7 cm³/mol. The third-order valence-corrected chi connectivity index (χ3v) is 3.38. The molecule has 0 spiro atoms. The van der Waals surface area contributed by atoms with Crippen molar-refractivity contribution >= 4 is 23.2 Å². The first-order valence-corrected chi connectivity index (χ1v) is 7.26. The smallest absolute Gasteiger partial charge is 0.269 e. The van der Waals surface area contributed by atoms with Gasteiger partial charge in [0.2, 0.25) is 5.91 Å². The van der Waals surface area contributed by atoms with Crippen molar-refractivity contribution in [2.45, 2.75) is 20.4 Å². The fourth-order valence-electron chi connectivity index (χ4n) is 2.15. The van der Waals surface area contributed by atoms with Crippen molar-refractivity contribution in [3.8, 4) is 0 Å². The molecular formula is C17H17N3O4. The van der Waals surface area contributed by atoms with Gasteiger partial charge in [-0.25, -0.2) is 0 Å². The summed E-state index contributed by atoms with van der Waals surface area (Å²) < 4.78 is 0. The Labute approximate surface area is 138 Å². The van der Waals surface area contributed by atoms with Gasteiger partial charge in [0.1, 0.15) is 0 Å². The summed E-state index contributed by atoms with van der Waals surface area (Å²) in [4.78, 5) is 33.7. The van der Waals surface area contributed by atoms with Crippen LogP contribution in [0.15, 0.2) is 42.5 Å². The molecule has 7 heteroatoms. The number of amides is 2. The van der Waals surface area contributed by atoms with Gasteiger partial charge in [0.15, 0.2) is 0 Å². The van der Waals surface area contributed by atoms with E-state index in [1.165, 1.54) is 19.1 Å². The van der Waals surface area contributed by atoms with Gasteiger partial charge in [-0.05, 0) is 30.2 Å². The van der Waals surface area contributed by atoms with E-state index in [0.29, 0.717) is 16.8 Å². The maximum Gasteiger partial charge on any atom is 0.269 e. The molecule has 0 aliphatic heterocycles. The average Bonchev–Trinajstić information content (AvgIpc) is 2.54. The van der Waals surface area contributed by atoms with Crippen LogP contribution in [0.3, 0.4) is 0 Å². The number of non-ortho nitro benzene ring substituents is 1. The van der Waals surface area contributed by atoms with E-state index in [1.807, 2.05) is 6.92 Å². The molecule has 2 amide bonds. The van der Waals surface area contributed by atoms with Crippen LogP contribution in [0.25, 0.3) is 0 Å². The van der Waals surface area contributed by atoms with Gasteiger partial charge in [0.05, 0.1) is 4.92 Å². The summed E-state index contributed by atoms with van der Waals surface area (Å²) in [6.07, 6.45) is 0. The number of nitro benzene ring substituents is 1. The lowest BCUT2D eigenvalue weighted by Crippen LogP contribution is -2.23. The first-order valence-electron chi connectivity index (χ1n) is 7.26. The zero-order chi connectivity index (χ0) is 17.7. The molecule has 0 radical (unpaired) electrons. The molecule has 0 unspecified atom stereocenters. The molecule has 2 rings (SSSR count). The van der Waals surface area contributed by atoms with Crippen molar-refractivity contribution in [1.82, 2.24) is 5.32 Å². The number of nitrogens with one attached hydrogen (secondary N) is 2. The molecule has 0 saturated heterocycles. The third-order valence-electron chi connectivity index (χ3n) is 3.38. The predicted octanol–water partition coefficient (Wildman–Crippen LogP) is 2.79. The molecule has 0 bridgehead atoms. The van der Waals surface area contributed by atoms with Crippen LogP contribution in [0, 0.1) is 17.0 Å². The Bertz CT molecular complexity index is 802. The second-order valence-electron chi connectivity index (χ2n) is 5.32. The van der Waals surface area contributed by atoms with E-state index in [0.717, 1.165) is 5.56 Å². The Morgan fingerprint density at radius 2 is 1.92 bits per heavy atom. The largest absolute Gasteiger partial charge is 0.348 e. The standard InChI is InChI=1S/C17H17N3O4/c1-11-6-7-14(9-16(11)19-12(2)21)17(22)18-10-13-4-3-5-15(8-13)20(23)24/h3-9H,10H2,1-2H3,(H,18,22)(H,19,21). The second-order valence-corrected chi connectivity index (χ2v) is 5.32. The summed E-state index contributed by atoms with van der Waals surface area (Å²) in [7, 11) is 0. The lowest BCUT2D eigenvalue weighted by atomic mass is 10.1. The number of rotatable bonds is 5. The Hall–Kier alpha value is -3.22. The highest BCUT2D eigenvalue weighted by Crippen LogP contribution is 2.17. The maximum absolute atomic E-state index is 12.2. The maximum atomic E-state index is 12.2. The third kappa shape index (κ3) is 4.39. The molecule has 124 valence electrons. The van der Waals surface area contributed by atoms with E-state index >= 15 is 0 Å². The number of anilines is 1. The van der Waals surface area contributed by atoms with Crippen LogP contribution in [0.4, 0.5) is 11.4 Å². The van der Waals surface area contributed by atoms with Crippen molar-refractivity contribution in [2.24, 2.45) is 0 Å². The zero-order valence-corrected chi connectivity index (χ0v) is 13.3. The van der Waals surface area contributed by atoms with Gasteiger partial charge >= 0.3 is 0 Å². The molecule has 24 heavy (non-hydrogen) atoms. The molecule has 2 N–H and O–H groups in total. The Kier molecular flexibility index (Phi) is 5.26. The van der Waals surface area contributed by atoms with E-state index in [4.69, 9.17) is 0 Å². The molecule has 0 atom stereocenters. The number of hydrogen-bond acceptors (Lipinski definition) is 4. The quantitative estimate of drug-likeness (QED) is 0.651. The van der Waals surface area contributed by atoms with Gasteiger partial charge in [0, 0.05) is 36.9 Å². The molecule has 0 aliphatic carbocycles. The van der Waals surface area contributed by atoms with Gasteiger partial charge in [-0.2, -0.15) is 0 Å². The minimum absolute atomic E-state index is 0.0231. The summed E-state index contributed by atoms with van der Waals surface area (Å²) in [5, 5.41) is 16.1. The summed E-state index contributed by atoms with van der Waals surface area (Å²) in [5.74, 6) is -0.541. The second kappa shape index (κ2) is 7.36. The molecule has 0 aliphatic rings. The highest BCUT2D eigenvalue weighted by molar-refractivity contribution is 5.97. The Morgan fingerprint density at radius 1 is 1.17 bits per heavy atom. The first kappa shape index (κ1) is 17.1. The molecule has 2 aromatic rings. The Morgan fingerprint density at radius 3 is 2.58 bits per heavy atom. The van der Waals surface area contributed by atoms with Crippen molar-refractivity contribution in [1.29, 1.82) is 0 Å². The van der Waals surface area contributed by atoms with E-state index in [2.05, 4.69) is 10.6 Å².